The molecule has 0 fully saturated rings. The molecule has 1 aromatic rings. The lowest BCUT2D eigenvalue weighted by atomic mass is 10.0. The van der Waals surface area contributed by atoms with Gasteiger partial charge in [-0.1, -0.05) is 12.1 Å². The fourth-order valence-corrected chi connectivity index (χ4v) is 1.30. The number of hydrogen-bond acceptors (Lipinski definition) is 3. The van der Waals surface area contributed by atoms with Crippen molar-refractivity contribution in [1.29, 1.82) is 0 Å². The van der Waals surface area contributed by atoms with E-state index in [1.54, 1.807) is 0 Å². The molecule has 0 saturated carbocycles. The third kappa shape index (κ3) is 3.34. The van der Waals surface area contributed by atoms with Crippen molar-refractivity contribution in [3.63, 3.8) is 0 Å². The highest BCUT2D eigenvalue weighted by Crippen LogP contribution is 2.17. The van der Waals surface area contributed by atoms with Crippen LogP contribution in [0, 0.1) is 5.82 Å². The van der Waals surface area contributed by atoms with Gasteiger partial charge in [0.1, 0.15) is 5.82 Å². The zero-order valence-electron chi connectivity index (χ0n) is 8.77. The van der Waals surface area contributed by atoms with E-state index in [0.29, 0.717) is 12.0 Å². The molecule has 0 aliphatic heterocycles. The number of rotatable bonds is 5. The quantitative estimate of drug-likeness (QED) is 0.604. The molecule has 0 aromatic heterocycles. The van der Waals surface area contributed by atoms with E-state index in [4.69, 9.17) is 0 Å². The molecule has 86 valence electrons. The second-order valence-corrected chi connectivity index (χ2v) is 3.17. The Morgan fingerprint density at radius 2 is 2.12 bits per heavy atom. The van der Waals surface area contributed by atoms with Crippen molar-refractivity contribution in [3.05, 3.63) is 35.6 Å². The SMILES string of the molecule is COC(=O)CC(NC=O)c1ccc(F)cc1. The predicted octanol–water partition coefficient (Wildman–Crippen LogP) is 1.18. The van der Waals surface area contributed by atoms with Crippen molar-refractivity contribution >= 4 is 12.4 Å². The molecule has 0 spiro atoms. The fraction of sp³-hybridized carbons (Fsp3) is 0.273. The summed E-state index contributed by atoms with van der Waals surface area (Å²) in [6, 6.07) is 5.07. The van der Waals surface area contributed by atoms with Crippen LogP contribution in [0.1, 0.15) is 18.0 Å². The number of carbonyl (C=O) groups excluding carboxylic acids is 2. The van der Waals surface area contributed by atoms with Gasteiger partial charge in [-0.3, -0.25) is 9.59 Å². The Morgan fingerprint density at radius 1 is 1.50 bits per heavy atom. The summed E-state index contributed by atoms with van der Waals surface area (Å²) in [5.41, 5.74) is 0.652. The molecular weight excluding hydrogens is 213 g/mol. The third-order valence-corrected chi connectivity index (χ3v) is 2.14. The Kier molecular flexibility index (Phi) is 4.44. The van der Waals surface area contributed by atoms with E-state index in [1.807, 2.05) is 0 Å². The van der Waals surface area contributed by atoms with Crippen molar-refractivity contribution in [2.45, 2.75) is 12.5 Å². The van der Waals surface area contributed by atoms with Gasteiger partial charge in [-0.2, -0.15) is 0 Å². The fourth-order valence-electron chi connectivity index (χ4n) is 1.30. The first-order valence-electron chi connectivity index (χ1n) is 4.69. The summed E-state index contributed by atoms with van der Waals surface area (Å²) in [7, 11) is 1.27. The molecule has 1 rings (SSSR count). The lowest BCUT2D eigenvalue weighted by Crippen LogP contribution is -2.23. The van der Waals surface area contributed by atoms with Gasteiger partial charge in [-0.25, -0.2) is 4.39 Å². The maximum atomic E-state index is 12.7. The van der Waals surface area contributed by atoms with Crippen LogP contribution in [0.25, 0.3) is 0 Å². The van der Waals surface area contributed by atoms with Crippen molar-refractivity contribution in [1.82, 2.24) is 5.32 Å². The average molecular weight is 225 g/mol. The van der Waals surface area contributed by atoms with E-state index in [1.165, 1.54) is 31.4 Å². The van der Waals surface area contributed by atoms with Gasteiger partial charge in [0.15, 0.2) is 0 Å². The number of nitrogens with one attached hydrogen (secondary N) is 1. The van der Waals surface area contributed by atoms with E-state index >= 15 is 0 Å². The van der Waals surface area contributed by atoms with Crippen LogP contribution in [-0.4, -0.2) is 19.5 Å². The maximum Gasteiger partial charge on any atom is 0.307 e. The first-order chi connectivity index (χ1) is 7.67. The number of methoxy groups -OCH3 is 1. The van der Waals surface area contributed by atoms with Crippen molar-refractivity contribution in [2.75, 3.05) is 7.11 Å². The molecule has 16 heavy (non-hydrogen) atoms. The molecule has 0 radical (unpaired) electrons. The van der Waals surface area contributed by atoms with Gasteiger partial charge < -0.3 is 10.1 Å². The number of amides is 1. The molecule has 0 aliphatic rings. The lowest BCUT2D eigenvalue weighted by molar-refractivity contribution is -0.141. The van der Waals surface area contributed by atoms with Gasteiger partial charge in [-0.15, -0.1) is 0 Å². The van der Waals surface area contributed by atoms with E-state index in [-0.39, 0.29) is 12.2 Å². The number of hydrogen-bond donors (Lipinski definition) is 1. The van der Waals surface area contributed by atoms with Crippen LogP contribution in [0.2, 0.25) is 0 Å². The van der Waals surface area contributed by atoms with Crippen molar-refractivity contribution in [2.24, 2.45) is 0 Å². The minimum Gasteiger partial charge on any atom is -0.469 e. The van der Waals surface area contributed by atoms with E-state index in [0.717, 1.165) is 0 Å². The van der Waals surface area contributed by atoms with Crippen LogP contribution < -0.4 is 5.32 Å². The Labute approximate surface area is 92.4 Å². The van der Waals surface area contributed by atoms with E-state index in [9.17, 15) is 14.0 Å². The average Bonchev–Trinajstić information content (AvgIpc) is 2.29. The predicted molar refractivity (Wildman–Crippen MR) is 55.0 cm³/mol. The molecule has 1 N–H and O–H groups in total. The second-order valence-electron chi connectivity index (χ2n) is 3.17. The highest BCUT2D eigenvalue weighted by atomic mass is 19.1. The molecule has 0 heterocycles. The summed E-state index contributed by atoms with van der Waals surface area (Å²) in [6.07, 6.45) is 0.512. The van der Waals surface area contributed by atoms with Gasteiger partial charge in [0.05, 0.1) is 19.6 Å². The maximum absolute atomic E-state index is 12.7. The smallest absolute Gasteiger partial charge is 0.307 e. The topological polar surface area (TPSA) is 55.4 Å². The van der Waals surface area contributed by atoms with Gasteiger partial charge in [0.25, 0.3) is 0 Å². The van der Waals surface area contributed by atoms with E-state index in [2.05, 4.69) is 10.1 Å². The highest BCUT2D eigenvalue weighted by Gasteiger charge is 2.15. The molecule has 1 atom stereocenters. The normalized spacial score (nSPS) is 11.6. The van der Waals surface area contributed by atoms with Crippen LogP contribution in [0.15, 0.2) is 24.3 Å². The third-order valence-electron chi connectivity index (χ3n) is 2.14. The highest BCUT2D eigenvalue weighted by molar-refractivity contribution is 5.70. The number of ether oxygens (including phenoxy) is 1. The van der Waals surface area contributed by atoms with Crippen LogP contribution in [0.3, 0.4) is 0 Å². The number of esters is 1. The summed E-state index contributed by atoms with van der Waals surface area (Å²) in [4.78, 5) is 21.5. The molecule has 5 heteroatoms. The second kappa shape index (κ2) is 5.85. The van der Waals surface area contributed by atoms with Gasteiger partial charge >= 0.3 is 5.97 Å². The van der Waals surface area contributed by atoms with E-state index < -0.39 is 12.0 Å². The molecule has 1 aromatic carbocycles. The summed E-state index contributed by atoms with van der Waals surface area (Å²) in [6.45, 7) is 0. The Bertz CT molecular complexity index is 364. The van der Waals surface area contributed by atoms with Crippen LogP contribution in [0.4, 0.5) is 4.39 Å². The van der Waals surface area contributed by atoms with Gasteiger partial charge in [-0.05, 0) is 17.7 Å². The number of carbonyl (C=O) groups is 2. The van der Waals surface area contributed by atoms with Crippen LogP contribution in [0.5, 0.6) is 0 Å². The largest absolute Gasteiger partial charge is 0.469 e. The van der Waals surface area contributed by atoms with Crippen molar-refractivity contribution < 1.29 is 18.7 Å². The zero-order chi connectivity index (χ0) is 12.0. The summed E-state index contributed by atoms with van der Waals surface area (Å²) >= 11 is 0. The minimum atomic E-state index is -0.495. The Morgan fingerprint density at radius 3 is 2.62 bits per heavy atom. The lowest BCUT2D eigenvalue weighted by Gasteiger charge is -2.14. The summed E-state index contributed by atoms with van der Waals surface area (Å²) in [5, 5.41) is 2.48. The molecular formula is C11H12FNO3. The standard InChI is InChI=1S/C11H12FNO3/c1-16-11(15)6-10(13-7-14)8-2-4-9(12)5-3-8/h2-5,7,10H,6H2,1H3,(H,13,14). The number of benzene rings is 1. The monoisotopic (exact) mass is 225 g/mol. The summed E-state index contributed by atoms with van der Waals surface area (Å²) < 4.78 is 17.2. The first kappa shape index (κ1) is 12.2. The Hall–Kier alpha value is -1.91. The molecule has 0 saturated heterocycles. The van der Waals surface area contributed by atoms with Crippen LogP contribution in [-0.2, 0) is 14.3 Å². The zero-order valence-corrected chi connectivity index (χ0v) is 8.77. The van der Waals surface area contributed by atoms with Gasteiger partial charge in [0.2, 0.25) is 6.41 Å². The first-order valence-corrected chi connectivity index (χ1v) is 4.69. The minimum absolute atomic E-state index is 0.0148. The molecule has 0 bridgehead atoms. The Balaban J connectivity index is 2.80. The molecule has 0 aliphatic carbocycles. The van der Waals surface area contributed by atoms with Gasteiger partial charge in [0, 0.05) is 0 Å². The molecule has 1 unspecified atom stereocenters. The molecule has 4 nitrogen and oxygen atoms in total. The molecule has 1 amide bonds. The number of halogens is 1. The van der Waals surface area contributed by atoms with Crippen molar-refractivity contribution in [3.8, 4) is 0 Å². The van der Waals surface area contributed by atoms with Crippen LogP contribution >= 0.6 is 0 Å². The summed E-state index contributed by atoms with van der Waals surface area (Å²) in [5.74, 6) is -0.810.